The summed E-state index contributed by atoms with van der Waals surface area (Å²) in [5.74, 6) is -0.484. The molecule has 1 amide bonds. The fourth-order valence-corrected chi connectivity index (χ4v) is 2.79. The average molecular weight is 328 g/mol. The first kappa shape index (κ1) is 18.6. The third-order valence-corrected chi connectivity index (χ3v) is 4.15. The highest BCUT2D eigenvalue weighted by molar-refractivity contribution is 7.85. The molecule has 1 atom stereocenters. The van der Waals surface area contributed by atoms with E-state index in [1.807, 2.05) is 38.1 Å². The lowest BCUT2D eigenvalue weighted by atomic mass is 10.2. The number of nitrogens with one attached hydrogen (secondary N) is 2. The van der Waals surface area contributed by atoms with Gasteiger partial charge in [-0.3, -0.25) is 4.79 Å². The molecule has 0 spiro atoms. The molecule has 1 rings (SSSR count). The van der Waals surface area contributed by atoms with Gasteiger partial charge in [0, 0.05) is 17.9 Å². The predicted octanol–water partition coefficient (Wildman–Crippen LogP) is 0.164. The van der Waals surface area contributed by atoms with Crippen molar-refractivity contribution in [3.8, 4) is 0 Å². The van der Waals surface area contributed by atoms with Gasteiger partial charge in [-0.25, -0.2) is 8.42 Å². The van der Waals surface area contributed by atoms with Gasteiger partial charge in [-0.15, -0.1) is 0 Å². The number of benzene rings is 1. The molecule has 1 aromatic carbocycles. The maximum atomic E-state index is 12.1. The number of anilines is 1. The molecule has 0 fully saturated rings. The molecule has 6 nitrogen and oxygen atoms in total. The molecule has 0 saturated heterocycles. The molecule has 0 saturated carbocycles. The van der Waals surface area contributed by atoms with Crippen LogP contribution in [0.1, 0.15) is 25.3 Å². The number of hydrogen-bond donors (Lipinski definition) is 2. The summed E-state index contributed by atoms with van der Waals surface area (Å²) in [6.45, 7) is 5.45. The van der Waals surface area contributed by atoms with Crippen LogP contribution in [-0.2, 0) is 14.9 Å². The second-order valence-corrected chi connectivity index (χ2v) is 6.93. The zero-order chi connectivity index (χ0) is 16.6. The molecule has 7 heteroatoms. The van der Waals surface area contributed by atoms with Crippen LogP contribution in [0.5, 0.6) is 0 Å². The van der Waals surface area contributed by atoms with Crippen LogP contribution in [0.4, 0.5) is 5.69 Å². The van der Waals surface area contributed by atoms with Crippen molar-refractivity contribution in [2.45, 2.75) is 26.7 Å². The fourth-order valence-electron chi connectivity index (χ4n) is 2.29. The van der Waals surface area contributed by atoms with Gasteiger partial charge in [0.1, 0.15) is 0 Å². The molecule has 0 radical (unpaired) electrons. The Bertz CT molecular complexity index is 587. The summed E-state index contributed by atoms with van der Waals surface area (Å²) < 4.78 is 31.9. The first-order valence-electron chi connectivity index (χ1n) is 7.44. The van der Waals surface area contributed by atoms with Gasteiger partial charge in [-0.2, -0.15) is 0 Å². The van der Waals surface area contributed by atoms with Gasteiger partial charge in [-0.05, 0) is 25.0 Å². The summed E-state index contributed by atoms with van der Waals surface area (Å²) >= 11 is 0. The molecule has 0 bridgehead atoms. The van der Waals surface area contributed by atoms with Crippen molar-refractivity contribution in [1.82, 2.24) is 0 Å². The second kappa shape index (κ2) is 8.87. The van der Waals surface area contributed by atoms with Crippen LogP contribution in [0, 0.1) is 6.92 Å². The van der Waals surface area contributed by atoms with E-state index in [9.17, 15) is 17.8 Å². The summed E-state index contributed by atoms with van der Waals surface area (Å²) in [6, 6.07) is 7.53. The predicted molar refractivity (Wildman–Crippen MR) is 84.8 cm³/mol. The van der Waals surface area contributed by atoms with Crippen LogP contribution in [0.2, 0.25) is 0 Å². The zero-order valence-corrected chi connectivity index (χ0v) is 13.9. The second-order valence-electron chi connectivity index (χ2n) is 5.41. The molecule has 0 aliphatic heterocycles. The Labute approximate surface area is 132 Å². The maximum absolute atomic E-state index is 12.1. The van der Waals surface area contributed by atoms with E-state index in [0.717, 1.165) is 29.1 Å². The van der Waals surface area contributed by atoms with E-state index in [2.05, 4.69) is 5.32 Å². The van der Waals surface area contributed by atoms with E-state index >= 15 is 0 Å². The zero-order valence-electron chi connectivity index (χ0n) is 13.1. The number of carbonyl (C=O) groups is 1. The SMILES string of the molecule is CCC[NH+](CCCS(=O)(=O)[O-])CC(=O)Nc1ccccc1C. The molecule has 1 aromatic rings. The molecule has 22 heavy (non-hydrogen) atoms. The first-order valence-corrected chi connectivity index (χ1v) is 9.02. The van der Waals surface area contributed by atoms with Crippen molar-refractivity contribution in [1.29, 1.82) is 0 Å². The van der Waals surface area contributed by atoms with Gasteiger partial charge in [-0.1, -0.05) is 25.1 Å². The van der Waals surface area contributed by atoms with Crippen molar-refractivity contribution in [2.24, 2.45) is 0 Å². The highest BCUT2D eigenvalue weighted by Crippen LogP contribution is 2.12. The monoisotopic (exact) mass is 328 g/mol. The number of amides is 1. The van der Waals surface area contributed by atoms with Crippen molar-refractivity contribution in [3.05, 3.63) is 29.8 Å². The third kappa shape index (κ3) is 7.53. The summed E-state index contributed by atoms with van der Waals surface area (Å²) in [5, 5.41) is 2.87. The van der Waals surface area contributed by atoms with E-state index in [1.165, 1.54) is 0 Å². The molecule has 0 aromatic heterocycles. The largest absolute Gasteiger partial charge is 0.748 e. The molecule has 1 unspecified atom stereocenters. The summed E-state index contributed by atoms with van der Waals surface area (Å²) in [5.41, 5.74) is 1.77. The van der Waals surface area contributed by atoms with Crippen LogP contribution < -0.4 is 10.2 Å². The van der Waals surface area contributed by atoms with Crippen LogP contribution in [-0.4, -0.2) is 44.3 Å². The Balaban J connectivity index is 2.51. The van der Waals surface area contributed by atoms with Crippen LogP contribution in [0.15, 0.2) is 24.3 Å². The Hall–Kier alpha value is -1.44. The van der Waals surface area contributed by atoms with E-state index in [1.54, 1.807) is 0 Å². The standard InChI is InChI=1S/C15H24N2O4S/c1-3-9-17(10-6-11-22(19,20)21)12-15(18)16-14-8-5-4-7-13(14)2/h4-5,7-8H,3,6,9-12H2,1-2H3,(H,16,18)(H,19,20,21). The minimum absolute atomic E-state index is 0.109. The Morgan fingerprint density at radius 2 is 1.95 bits per heavy atom. The lowest BCUT2D eigenvalue weighted by Gasteiger charge is -2.19. The fraction of sp³-hybridized carbons (Fsp3) is 0.533. The lowest BCUT2D eigenvalue weighted by Crippen LogP contribution is -3.13. The van der Waals surface area contributed by atoms with Crippen LogP contribution in [0.3, 0.4) is 0 Å². The number of quaternary nitrogens is 1. The van der Waals surface area contributed by atoms with Gasteiger partial charge in [0.2, 0.25) is 0 Å². The van der Waals surface area contributed by atoms with E-state index in [4.69, 9.17) is 0 Å². The van der Waals surface area contributed by atoms with Gasteiger partial charge in [0.25, 0.3) is 5.91 Å². The number of aryl methyl sites for hydroxylation is 1. The van der Waals surface area contributed by atoms with Crippen molar-refractivity contribution < 1.29 is 22.7 Å². The summed E-state index contributed by atoms with van der Waals surface area (Å²) in [7, 11) is -4.18. The maximum Gasteiger partial charge on any atom is 0.279 e. The quantitative estimate of drug-likeness (QED) is 0.632. The number of hydrogen-bond acceptors (Lipinski definition) is 4. The molecule has 0 aliphatic rings. The van der Waals surface area contributed by atoms with E-state index in [0.29, 0.717) is 6.54 Å². The molecular formula is C15H24N2O4S. The van der Waals surface area contributed by atoms with Gasteiger partial charge >= 0.3 is 0 Å². The number of carbonyl (C=O) groups excluding carboxylic acids is 1. The van der Waals surface area contributed by atoms with E-state index in [-0.39, 0.29) is 24.6 Å². The first-order chi connectivity index (χ1) is 10.3. The molecule has 0 heterocycles. The minimum Gasteiger partial charge on any atom is -0.748 e. The third-order valence-electron chi connectivity index (χ3n) is 3.36. The van der Waals surface area contributed by atoms with Crippen molar-refractivity contribution in [3.63, 3.8) is 0 Å². The summed E-state index contributed by atoms with van der Waals surface area (Å²) in [6.07, 6.45) is 1.16. The van der Waals surface area contributed by atoms with Gasteiger partial charge in [0.15, 0.2) is 6.54 Å². The number of rotatable bonds is 9. The molecule has 0 aliphatic carbocycles. The number of para-hydroxylation sites is 1. The Morgan fingerprint density at radius 1 is 1.27 bits per heavy atom. The Kier molecular flexibility index (Phi) is 7.50. The molecular weight excluding hydrogens is 304 g/mol. The highest BCUT2D eigenvalue weighted by atomic mass is 32.2. The van der Waals surface area contributed by atoms with E-state index < -0.39 is 10.1 Å². The summed E-state index contributed by atoms with van der Waals surface area (Å²) in [4.78, 5) is 13.1. The van der Waals surface area contributed by atoms with Gasteiger partial charge < -0.3 is 14.8 Å². The van der Waals surface area contributed by atoms with Crippen molar-refractivity contribution >= 4 is 21.7 Å². The minimum atomic E-state index is -4.18. The Morgan fingerprint density at radius 3 is 2.55 bits per heavy atom. The van der Waals surface area contributed by atoms with Gasteiger partial charge in [0.05, 0.1) is 23.2 Å². The molecule has 124 valence electrons. The smallest absolute Gasteiger partial charge is 0.279 e. The molecule has 2 N–H and O–H groups in total. The van der Waals surface area contributed by atoms with Crippen LogP contribution in [0.25, 0.3) is 0 Å². The normalized spacial score (nSPS) is 12.9. The highest BCUT2D eigenvalue weighted by Gasteiger charge is 2.14. The average Bonchev–Trinajstić information content (AvgIpc) is 2.40. The van der Waals surface area contributed by atoms with Crippen molar-refractivity contribution in [2.75, 3.05) is 30.7 Å². The topological polar surface area (TPSA) is 90.7 Å². The van der Waals surface area contributed by atoms with Crippen LogP contribution >= 0.6 is 0 Å². The lowest BCUT2D eigenvalue weighted by molar-refractivity contribution is -0.891.